The second kappa shape index (κ2) is 5.63. The number of aromatic amines is 1. The van der Waals surface area contributed by atoms with Crippen molar-refractivity contribution >= 4 is 11.8 Å². The van der Waals surface area contributed by atoms with E-state index in [1.165, 1.54) is 12.5 Å². The van der Waals surface area contributed by atoms with Gasteiger partial charge in [-0.1, -0.05) is 0 Å². The van der Waals surface area contributed by atoms with Crippen LogP contribution in [0.5, 0.6) is 0 Å². The molecule has 8 heteroatoms. The predicted octanol–water partition coefficient (Wildman–Crippen LogP) is 1.04. The van der Waals surface area contributed by atoms with E-state index in [0.717, 1.165) is 12.8 Å². The summed E-state index contributed by atoms with van der Waals surface area (Å²) in [4.78, 5) is 30.3. The molecule has 3 heterocycles. The highest BCUT2D eigenvalue weighted by atomic mass is 16.3. The summed E-state index contributed by atoms with van der Waals surface area (Å²) in [6.45, 7) is 2.30. The summed E-state index contributed by atoms with van der Waals surface area (Å²) in [5.41, 5.74) is 1.40. The molecule has 0 bridgehead atoms. The Bertz CT molecular complexity index is 705. The molecule has 0 radical (unpaired) electrons. The van der Waals surface area contributed by atoms with Gasteiger partial charge in [0, 0.05) is 20.5 Å². The van der Waals surface area contributed by atoms with E-state index < -0.39 is 0 Å². The van der Waals surface area contributed by atoms with Crippen LogP contribution in [-0.2, 0) is 0 Å². The number of carbonyl (C=O) groups excluding carboxylic acids is 2. The molecule has 22 heavy (non-hydrogen) atoms. The Hall–Kier alpha value is -2.64. The lowest BCUT2D eigenvalue weighted by atomic mass is 10.1. The van der Waals surface area contributed by atoms with E-state index >= 15 is 0 Å². The molecule has 1 unspecified atom stereocenters. The minimum Gasteiger partial charge on any atom is -0.448 e. The lowest BCUT2D eigenvalue weighted by Crippen LogP contribution is -2.32. The first kappa shape index (κ1) is 14.3. The quantitative estimate of drug-likeness (QED) is 0.881. The summed E-state index contributed by atoms with van der Waals surface area (Å²) in [6.07, 6.45) is 4.48. The molecule has 2 aromatic heterocycles. The number of aryl methyl sites for hydroxylation is 1. The maximum absolute atomic E-state index is 12.6. The molecule has 2 N–H and O–H groups in total. The van der Waals surface area contributed by atoms with Crippen LogP contribution in [0.2, 0.25) is 0 Å². The van der Waals surface area contributed by atoms with Gasteiger partial charge in [0.1, 0.15) is 6.26 Å². The van der Waals surface area contributed by atoms with Gasteiger partial charge in [-0.2, -0.15) is 5.10 Å². The third-order valence-corrected chi connectivity index (χ3v) is 3.83. The molecular weight excluding hydrogens is 286 g/mol. The van der Waals surface area contributed by atoms with Crippen LogP contribution >= 0.6 is 0 Å². The molecule has 0 aromatic carbocycles. The maximum atomic E-state index is 12.6. The average Bonchev–Trinajstić information content (AvgIpc) is 3.24. The van der Waals surface area contributed by atoms with Gasteiger partial charge in [-0.15, -0.1) is 0 Å². The number of rotatable bonds is 3. The van der Waals surface area contributed by atoms with Crippen LogP contribution in [-0.4, -0.2) is 45.5 Å². The summed E-state index contributed by atoms with van der Waals surface area (Å²) in [5.74, 6) is 0.0313. The van der Waals surface area contributed by atoms with Crippen molar-refractivity contribution in [3.8, 4) is 0 Å². The monoisotopic (exact) mass is 303 g/mol. The maximum Gasteiger partial charge on any atom is 0.276 e. The molecule has 8 nitrogen and oxygen atoms in total. The highest BCUT2D eigenvalue weighted by molar-refractivity contribution is 5.96. The SMILES string of the molecule is CNC(=O)c1cn[nH]c1C1CCCN1C(=O)c1coc(C)n1. The third-order valence-electron chi connectivity index (χ3n) is 3.83. The van der Waals surface area contributed by atoms with Crippen molar-refractivity contribution in [2.75, 3.05) is 13.6 Å². The van der Waals surface area contributed by atoms with Crippen LogP contribution in [0.15, 0.2) is 16.9 Å². The number of nitrogens with one attached hydrogen (secondary N) is 2. The number of amides is 2. The number of oxazole rings is 1. The molecule has 2 amide bonds. The van der Waals surface area contributed by atoms with Crippen molar-refractivity contribution in [3.05, 3.63) is 35.3 Å². The molecule has 0 spiro atoms. The highest BCUT2D eigenvalue weighted by Crippen LogP contribution is 2.33. The van der Waals surface area contributed by atoms with Crippen molar-refractivity contribution < 1.29 is 14.0 Å². The fourth-order valence-electron chi connectivity index (χ4n) is 2.78. The van der Waals surface area contributed by atoms with Crippen LogP contribution in [0.4, 0.5) is 0 Å². The molecule has 1 aliphatic heterocycles. The zero-order valence-corrected chi connectivity index (χ0v) is 12.4. The smallest absolute Gasteiger partial charge is 0.276 e. The molecule has 1 fully saturated rings. The van der Waals surface area contributed by atoms with Crippen molar-refractivity contribution in [1.29, 1.82) is 0 Å². The van der Waals surface area contributed by atoms with E-state index in [4.69, 9.17) is 4.42 Å². The van der Waals surface area contributed by atoms with Crippen molar-refractivity contribution in [1.82, 2.24) is 25.4 Å². The van der Waals surface area contributed by atoms with Gasteiger partial charge in [0.2, 0.25) is 0 Å². The normalized spacial score (nSPS) is 17.7. The Morgan fingerprint density at radius 1 is 1.50 bits per heavy atom. The minimum absolute atomic E-state index is 0.197. The van der Waals surface area contributed by atoms with Crippen molar-refractivity contribution in [2.24, 2.45) is 0 Å². The van der Waals surface area contributed by atoms with E-state index in [1.807, 2.05) is 0 Å². The van der Waals surface area contributed by atoms with Gasteiger partial charge in [-0.25, -0.2) is 4.98 Å². The van der Waals surface area contributed by atoms with Gasteiger partial charge < -0.3 is 14.6 Å². The number of H-pyrrole nitrogens is 1. The van der Waals surface area contributed by atoms with E-state index in [0.29, 0.717) is 23.7 Å². The molecule has 3 rings (SSSR count). The van der Waals surface area contributed by atoms with Crippen LogP contribution in [0.3, 0.4) is 0 Å². The molecule has 0 aliphatic carbocycles. The predicted molar refractivity (Wildman–Crippen MR) is 76.2 cm³/mol. The minimum atomic E-state index is -0.222. The summed E-state index contributed by atoms with van der Waals surface area (Å²) in [6, 6.07) is -0.209. The standard InChI is InChI=1S/C14H17N5O3/c1-8-17-10(7-22-8)14(21)19-5-3-4-11(19)12-9(6-16-18-12)13(20)15-2/h6-7,11H,3-5H2,1-2H3,(H,15,20)(H,16,18). The summed E-state index contributed by atoms with van der Waals surface area (Å²) in [5, 5.41) is 9.38. The van der Waals surface area contributed by atoms with E-state index in [9.17, 15) is 9.59 Å². The highest BCUT2D eigenvalue weighted by Gasteiger charge is 2.35. The number of likely N-dealkylation sites (tertiary alicyclic amines) is 1. The average molecular weight is 303 g/mol. The molecule has 116 valence electrons. The first-order chi connectivity index (χ1) is 10.6. The fourth-order valence-corrected chi connectivity index (χ4v) is 2.78. The summed E-state index contributed by atoms with van der Waals surface area (Å²) < 4.78 is 5.11. The lowest BCUT2D eigenvalue weighted by Gasteiger charge is -2.23. The Morgan fingerprint density at radius 3 is 3.00 bits per heavy atom. The Labute approximate surface area is 126 Å². The Kier molecular flexibility index (Phi) is 3.66. The van der Waals surface area contributed by atoms with Crippen LogP contribution in [0, 0.1) is 6.92 Å². The number of hydrogen-bond donors (Lipinski definition) is 2. The first-order valence-corrected chi connectivity index (χ1v) is 7.10. The molecular formula is C14H17N5O3. The molecule has 1 aliphatic rings. The van der Waals surface area contributed by atoms with Crippen LogP contribution in [0.1, 0.15) is 51.3 Å². The first-order valence-electron chi connectivity index (χ1n) is 7.10. The van der Waals surface area contributed by atoms with Gasteiger partial charge in [-0.05, 0) is 12.8 Å². The van der Waals surface area contributed by atoms with Gasteiger partial charge in [0.25, 0.3) is 11.8 Å². The Balaban J connectivity index is 1.89. The van der Waals surface area contributed by atoms with Crippen LogP contribution in [0.25, 0.3) is 0 Å². The number of carbonyl (C=O) groups is 2. The molecule has 0 saturated carbocycles. The van der Waals surface area contributed by atoms with E-state index in [1.54, 1.807) is 18.9 Å². The number of hydrogen-bond acceptors (Lipinski definition) is 5. The second-order valence-electron chi connectivity index (χ2n) is 5.18. The number of nitrogens with zero attached hydrogens (tertiary/aromatic N) is 3. The van der Waals surface area contributed by atoms with Crippen molar-refractivity contribution in [3.63, 3.8) is 0 Å². The Morgan fingerprint density at radius 2 is 2.32 bits per heavy atom. The fraction of sp³-hybridized carbons (Fsp3) is 0.429. The second-order valence-corrected chi connectivity index (χ2v) is 5.18. The zero-order valence-electron chi connectivity index (χ0n) is 12.4. The van der Waals surface area contributed by atoms with Crippen molar-refractivity contribution in [2.45, 2.75) is 25.8 Å². The molecule has 2 aromatic rings. The van der Waals surface area contributed by atoms with E-state index in [-0.39, 0.29) is 23.6 Å². The number of aromatic nitrogens is 3. The van der Waals surface area contributed by atoms with Gasteiger partial charge in [0.05, 0.1) is 23.5 Å². The summed E-state index contributed by atoms with van der Waals surface area (Å²) >= 11 is 0. The molecule has 1 saturated heterocycles. The third kappa shape index (κ3) is 2.36. The van der Waals surface area contributed by atoms with Gasteiger partial charge in [0.15, 0.2) is 11.6 Å². The topological polar surface area (TPSA) is 104 Å². The van der Waals surface area contributed by atoms with Crippen LogP contribution < -0.4 is 5.32 Å². The van der Waals surface area contributed by atoms with E-state index in [2.05, 4.69) is 20.5 Å². The largest absolute Gasteiger partial charge is 0.448 e. The van der Waals surface area contributed by atoms with Gasteiger partial charge in [-0.3, -0.25) is 14.7 Å². The lowest BCUT2D eigenvalue weighted by molar-refractivity contribution is 0.0723. The van der Waals surface area contributed by atoms with Gasteiger partial charge >= 0.3 is 0 Å². The summed E-state index contributed by atoms with van der Waals surface area (Å²) in [7, 11) is 1.56. The zero-order chi connectivity index (χ0) is 15.7. The molecule has 1 atom stereocenters.